The Morgan fingerprint density at radius 2 is 1.26 bits per heavy atom. The Hall–Kier alpha value is -2.74. The van der Waals surface area contributed by atoms with Crippen LogP contribution in [0.15, 0.2) is 60.7 Å². The number of esters is 2. The molecule has 0 bridgehead atoms. The molecule has 142 valence electrons. The van der Waals surface area contributed by atoms with Gasteiger partial charge in [0.25, 0.3) is 0 Å². The molecule has 2 aromatic carbocycles. The molecule has 1 heterocycles. The average molecular weight is 372 g/mol. The number of hydrogen-bond donors (Lipinski definition) is 2. The lowest BCUT2D eigenvalue weighted by Gasteiger charge is -2.40. The van der Waals surface area contributed by atoms with Crippen LogP contribution in [0.4, 0.5) is 0 Å². The van der Waals surface area contributed by atoms with E-state index >= 15 is 0 Å². The van der Waals surface area contributed by atoms with Gasteiger partial charge in [0.2, 0.25) is 0 Å². The second kappa shape index (κ2) is 8.30. The van der Waals surface area contributed by atoms with E-state index in [1.807, 2.05) is 0 Å². The van der Waals surface area contributed by atoms with Crippen molar-refractivity contribution in [3.63, 3.8) is 0 Å². The van der Waals surface area contributed by atoms with Crippen LogP contribution in [0, 0.1) is 0 Å². The Balaban J connectivity index is 1.80. The second-order valence-electron chi connectivity index (χ2n) is 6.19. The number of benzene rings is 2. The standard InChI is InChI=1S/C20H20O7/c1-12-15(21)16(26-18(22)13-8-4-2-5-9-13)17(20(24)25-12)27-19(23)14-10-6-3-7-11-14/h2-12,15-17,20-21,24H,1H3/t12-,15-,16+,17+,20-/m0/s1. The predicted octanol–water partition coefficient (Wildman–Crippen LogP) is 1.54. The summed E-state index contributed by atoms with van der Waals surface area (Å²) >= 11 is 0. The third kappa shape index (κ3) is 4.33. The highest BCUT2D eigenvalue weighted by molar-refractivity contribution is 5.90. The topological polar surface area (TPSA) is 102 Å². The average Bonchev–Trinajstić information content (AvgIpc) is 2.69. The predicted molar refractivity (Wildman–Crippen MR) is 93.9 cm³/mol. The van der Waals surface area contributed by atoms with Gasteiger partial charge in [0.1, 0.15) is 6.10 Å². The van der Waals surface area contributed by atoms with Gasteiger partial charge in [0, 0.05) is 0 Å². The Labute approximate surface area is 156 Å². The summed E-state index contributed by atoms with van der Waals surface area (Å²) in [7, 11) is 0. The van der Waals surface area contributed by atoms with Gasteiger partial charge in [-0.25, -0.2) is 9.59 Å². The Kier molecular flexibility index (Phi) is 5.85. The van der Waals surface area contributed by atoms with E-state index in [4.69, 9.17) is 14.2 Å². The molecule has 27 heavy (non-hydrogen) atoms. The molecule has 0 unspecified atom stereocenters. The summed E-state index contributed by atoms with van der Waals surface area (Å²) < 4.78 is 15.9. The minimum absolute atomic E-state index is 0.256. The van der Waals surface area contributed by atoms with Crippen LogP contribution in [-0.4, -0.2) is 52.9 Å². The van der Waals surface area contributed by atoms with Gasteiger partial charge in [0.05, 0.1) is 17.2 Å². The number of ether oxygens (including phenoxy) is 3. The van der Waals surface area contributed by atoms with Crippen LogP contribution in [0.5, 0.6) is 0 Å². The van der Waals surface area contributed by atoms with E-state index < -0.39 is 42.6 Å². The minimum Gasteiger partial charge on any atom is -0.452 e. The zero-order valence-corrected chi connectivity index (χ0v) is 14.6. The van der Waals surface area contributed by atoms with Gasteiger partial charge in [-0.05, 0) is 31.2 Å². The number of aliphatic hydroxyl groups excluding tert-OH is 2. The van der Waals surface area contributed by atoms with Crippen LogP contribution in [0.25, 0.3) is 0 Å². The smallest absolute Gasteiger partial charge is 0.338 e. The summed E-state index contributed by atoms with van der Waals surface area (Å²) in [6, 6.07) is 16.3. The van der Waals surface area contributed by atoms with Gasteiger partial charge >= 0.3 is 11.9 Å². The lowest BCUT2D eigenvalue weighted by Crippen LogP contribution is -2.59. The molecule has 0 spiro atoms. The van der Waals surface area contributed by atoms with E-state index in [0.29, 0.717) is 0 Å². The Morgan fingerprint density at radius 3 is 1.74 bits per heavy atom. The van der Waals surface area contributed by atoms with Crippen LogP contribution >= 0.6 is 0 Å². The molecule has 2 aromatic rings. The third-order valence-corrected chi connectivity index (χ3v) is 4.28. The van der Waals surface area contributed by atoms with Crippen molar-refractivity contribution in [2.24, 2.45) is 0 Å². The summed E-state index contributed by atoms with van der Waals surface area (Å²) in [5, 5.41) is 20.6. The maximum atomic E-state index is 12.4. The molecule has 0 aromatic heterocycles. The first-order valence-electron chi connectivity index (χ1n) is 8.51. The maximum absolute atomic E-state index is 12.4. The van der Waals surface area contributed by atoms with Crippen molar-refractivity contribution in [3.05, 3.63) is 71.8 Å². The van der Waals surface area contributed by atoms with Crippen molar-refractivity contribution in [3.8, 4) is 0 Å². The van der Waals surface area contributed by atoms with Crippen LogP contribution in [0.2, 0.25) is 0 Å². The fourth-order valence-corrected chi connectivity index (χ4v) is 2.80. The Morgan fingerprint density at radius 1 is 0.815 bits per heavy atom. The van der Waals surface area contributed by atoms with Gasteiger partial charge in [-0.15, -0.1) is 0 Å². The summed E-state index contributed by atoms with van der Waals surface area (Å²) in [6.45, 7) is 1.52. The fraction of sp³-hybridized carbons (Fsp3) is 0.300. The van der Waals surface area contributed by atoms with Crippen LogP contribution in [0.3, 0.4) is 0 Å². The van der Waals surface area contributed by atoms with Crippen molar-refractivity contribution in [2.75, 3.05) is 0 Å². The van der Waals surface area contributed by atoms with E-state index in [9.17, 15) is 19.8 Å². The summed E-state index contributed by atoms with van der Waals surface area (Å²) in [5.74, 6) is -1.44. The molecular formula is C20H20O7. The van der Waals surface area contributed by atoms with Crippen molar-refractivity contribution >= 4 is 11.9 Å². The molecule has 2 N–H and O–H groups in total. The molecule has 0 amide bonds. The molecule has 7 heteroatoms. The highest BCUT2D eigenvalue weighted by Crippen LogP contribution is 2.26. The largest absolute Gasteiger partial charge is 0.452 e. The first kappa shape index (κ1) is 19.0. The van der Waals surface area contributed by atoms with Crippen LogP contribution in [-0.2, 0) is 14.2 Å². The number of carbonyl (C=O) groups excluding carboxylic acids is 2. The highest BCUT2D eigenvalue weighted by atomic mass is 16.7. The van der Waals surface area contributed by atoms with Gasteiger partial charge < -0.3 is 24.4 Å². The summed E-state index contributed by atoms with van der Waals surface area (Å²) in [6.07, 6.45) is -6.32. The molecule has 1 saturated heterocycles. The summed E-state index contributed by atoms with van der Waals surface area (Å²) in [5.41, 5.74) is 0.525. The second-order valence-corrected chi connectivity index (χ2v) is 6.19. The van der Waals surface area contributed by atoms with E-state index in [1.165, 1.54) is 6.92 Å². The SMILES string of the molecule is C[C@@H]1O[C@H](O)[C@H](OC(=O)c2ccccc2)[C@H](OC(=O)c2ccccc2)[C@H]1O. The lowest BCUT2D eigenvalue weighted by molar-refractivity contribution is -0.276. The molecule has 1 aliphatic heterocycles. The van der Waals surface area contributed by atoms with Crippen molar-refractivity contribution in [1.82, 2.24) is 0 Å². The van der Waals surface area contributed by atoms with E-state index in [2.05, 4.69) is 0 Å². The quantitative estimate of drug-likeness (QED) is 0.785. The van der Waals surface area contributed by atoms with Crippen molar-refractivity contribution in [2.45, 2.75) is 37.6 Å². The molecule has 3 rings (SSSR count). The molecule has 5 atom stereocenters. The molecular weight excluding hydrogens is 352 g/mol. The molecule has 1 aliphatic rings. The van der Waals surface area contributed by atoms with E-state index in [0.717, 1.165) is 0 Å². The zero-order valence-electron chi connectivity index (χ0n) is 14.6. The van der Waals surface area contributed by atoms with Gasteiger partial charge in [0.15, 0.2) is 18.5 Å². The minimum atomic E-state index is -1.55. The van der Waals surface area contributed by atoms with Gasteiger partial charge in [-0.1, -0.05) is 36.4 Å². The zero-order chi connectivity index (χ0) is 19.4. The van der Waals surface area contributed by atoms with E-state index in [1.54, 1.807) is 60.7 Å². The van der Waals surface area contributed by atoms with Crippen molar-refractivity contribution < 1.29 is 34.0 Å². The van der Waals surface area contributed by atoms with Gasteiger partial charge in [-0.2, -0.15) is 0 Å². The number of hydrogen-bond acceptors (Lipinski definition) is 7. The first-order valence-corrected chi connectivity index (χ1v) is 8.51. The Bertz CT molecular complexity index is 777. The normalized spacial score (nSPS) is 27.6. The van der Waals surface area contributed by atoms with Crippen molar-refractivity contribution in [1.29, 1.82) is 0 Å². The van der Waals surface area contributed by atoms with Crippen LogP contribution < -0.4 is 0 Å². The van der Waals surface area contributed by atoms with Crippen LogP contribution in [0.1, 0.15) is 27.6 Å². The molecule has 0 aliphatic carbocycles. The monoisotopic (exact) mass is 372 g/mol. The molecule has 1 fully saturated rings. The molecule has 7 nitrogen and oxygen atoms in total. The lowest BCUT2D eigenvalue weighted by atomic mass is 9.99. The first-order chi connectivity index (χ1) is 13.0. The number of carbonyl (C=O) groups is 2. The third-order valence-electron chi connectivity index (χ3n) is 4.28. The fourth-order valence-electron chi connectivity index (χ4n) is 2.80. The summed E-state index contributed by atoms with van der Waals surface area (Å²) in [4.78, 5) is 24.7. The number of aliphatic hydroxyl groups is 2. The maximum Gasteiger partial charge on any atom is 0.338 e. The highest BCUT2D eigenvalue weighted by Gasteiger charge is 2.48. The van der Waals surface area contributed by atoms with E-state index in [-0.39, 0.29) is 11.1 Å². The number of rotatable bonds is 4. The molecule has 0 radical (unpaired) electrons. The van der Waals surface area contributed by atoms with Gasteiger partial charge in [-0.3, -0.25) is 0 Å². The molecule has 0 saturated carbocycles.